The van der Waals surface area contributed by atoms with Gasteiger partial charge in [0.1, 0.15) is 8.07 Å². The van der Waals surface area contributed by atoms with E-state index in [0.29, 0.717) is 0 Å². The number of carbonyl (C=O) groups excluding carboxylic acids is 1. The molecule has 0 saturated carbocycles. The summed E-state index contributed by atoms with van der Waals surface area (Å²) in [5.41, 5.74) is 2.95. The van der Waals surface area contributed by atoms with Gasteiger partial charge in [-0.05, 0) is 5.04 Å². The van der Waals surface area contributed by atoms with Crippen LogP contribution in [0.2, 0.25) is 18.1 Å². The van der Waals surface area contributed by atoms with Gasteiger partial charge in [0.25, 0.3) is 0 Å². The van der Waals surface area contributed by atoms with Crippen LogP contribution in [0, 0.1) is 11.5 Å². The molecular weight excluding hydrogens is 249 g/mol. The molecule has 0 saturated heterocycles. The standard InChI is InChI=1S/C11H17F3O2Si/c1-10(2,3)17(4,5)8-6-7-16-9(15)11(12,13)14/h7H2,1-5H3. The van der Waals surface area contributed by atoms with E-state index < -0.39 is 26.8 Å². The molecule has 0 aliphatic rings. The molecule has 0 heterocycles. The normalized spacial score (nSPS) is 12.7. The summed E-state index contributed by atoms with van der Waals surface area (Å²) >= 11 is 0. The fraction of sp³-hybridized carbons (Fsp3) is 0.727. The Kier molecular flexibility index (Phi) is 4.84. The highest BCUT2D eigenvalue weighted by atomic mass is 28.3. The number of esters is 1. The van der Waals surface area contributed by atoms with Gasteiger partial charge in [-0.15, -0.1) is 5.54 Å². The molecule has 0 atom stereocenters. The zero-order valence-corrected chi connectivity index (χ0v) is 11.7. The summed E-state index contributed by atoms with van der Waals surface area (Å²) in [6, 6.07) is 0. The first-order valence-electron chi connectivity index (χ1n) is 5.12. The van der Waals surface area contributed by atoms with Crippen LogP contribution in [0.15, 0.2) is 0 Å². The lowest BCUT2D eigenvalue weighted by Gasteiger charge is -2.31. The zero-order valence-electron chi connectivity index (χ0n) is 10.7. The Morgan fingerprint density at radius 3 is 2.06 bits per heavy atom. The third-order valence-corrected chi connectivity index (χ3v) is 7.33. The van der Waals surface area contributed by atoms with Crippen molar-refractivity contribution in [3.8, 4) is 11.5 Å². The number of ether oxygens (including phenoxy) is 1. The monoisotopic (exact) mass is 266 g/mol. The van der Waals surface area contributed by atoms with Crippen molar-refractivity contribution >= 4 is 14.0 Å². The van der Waals surface area contributed by atoms with E-state index in [1.54, 1.807) is 0 Å². The van der Waals surface area contributed by atoms with Crippen molar-refractivity contribution in [1.29, 1.82) is 0 Å². The van der Waals surface area contributed by atoms with Gasteiger partial charge >= 0.3 is 12.1 Å². The molecule has 17 heavy (non-hydrogen) atoms. The van der Waals surface area contributed by atoms with Gasteiger partial charge in [-0.2, -0.15) is 13.2 Å². The van der Waals surface area contributed by atoms with Crippen LogP contribution < -0.4 is 0 Å². The van der Waals surface area contributed by atoms with E-state index in [4.69, 9.17) is 0 Å². The van der Waals surface area contributed by atoms with Gasteiger partial charge in [0.15, 0.2) is 6.61 Å². The Bertz CT molecular complexity index is 342. The first-order chi connectivity index (χ1) is 7.38. The van der Waals surface area contributed by atoms with Crippen molar-refractivity contribution in [2.75, 3.05) is 6.61 Å². The average Bonchev–Trinajstić information content (AvgIpc) is 2.08. The van der Waals surface area contributed by atoms with E-state index in [1.165, 1.54) is 0 Å². The van der Waals surface area contributed by atoms with Crippen molar-refractivity contribution in [3.05, 3.63) is 0 Å². The third-order valence-electron chi connectivity index (χ3n) is 2.78. The van der Waals surface area contributed by atoms with Crippen molar-refractivity contribution in [2.24, 2.45) is 0 Å². The summed E-state index contributed by atoms with van der Waals surface area (Å²) in [5, 5.41) is 0.0219. The van der Waals surface area contributed by atoms with Crippen LogP contribution in [0.5, 0.6) is 0 Å². The number of halogens is 3. The molecule has 2 nitrogen and oxygen atoms in total. The number of rotatable bonds is 1. The van der Waals surface area contributed by atoms with Crippen molar-refractivity contribution < 1.29 is 22.7 Å². The van der Waals surface area contributed by atoms with Crippen LogP contribution in [0.3, 0.4) is 0 Å². The molecule has 0 rings (SSSR count). The quantitative estimate of drug-likeness (QED) is 0.414. The van der Waals surface area contributed by atoms with E-state index in [1.807, 2.05) is 33.9 Å². The molecule has 0 aliphatic carbocycles. The second-order valence-corrected chi connectivity index (χ2v) is 10.3. The lowest BCUT2D eigenvalue weighted by molar-refractivity contribution is -0.198. The SMILES string of the molecule is CC(C)(C)[Si](C)(C)C#CCOC(=O)C(F)(F)F. The number of hydrogen-bond acceptors (Lipinski definition) is 2. The molecule has 0 aromatic rings. The summed E-state index contributed by atoms with van der Waals surface area (Å²) in [7, 11) is -1.86. The molecule has 0 amide bonds. The first-order valence-corrected chi connectivity index (χ1v) is 8.12. The van der Waals surface area contributed by atoms with E-state index in [-0.39, 0.29) is 5.04 Å². The average molecular weight is 266 g/mol. The Morgan fingerprint density at radius 2 is 1.71 bits per heavy atom. The zero-order chi connectivity index (χ0) is 13.9. The lowest BCUT2D eigenvalue weighted by Crippen LogP contribution is -2.35. The molecule has 6 heteroatoms. The highest BCUT2D eigenvalue weighted by Crippen LogP contribution is 2.35. The van der Waals surface area contributed by atoms with Crippen LogP contribution in [0.4, 0.5) is 13.2 Å². The summed E-state index contributed by atoms with van der Waals surface area (Å²) in [6.07, 6.45) is -4.95. The highest BCUT2D eigenvalue weighted by molar-refractivity contribution is 6.87. The molecular formula is C11H17F3O2Si. The van der Waals surface area contributed by atoms with E-state index in [2.05, 4.69) is 16.2 Å². The van der Waals surface area contributed by atoms with Gasteiger partial charge in [0, 0.05) is 0 Å². The minimum absolute atomic E-state index is 0.0219. The second-order valence-electron chi connectivity index (χ2n) is 5.25. The van der Waals surface area contributed by atoms with E-state index in [9.17, 15) is 18.0 Å². The maximum Gasteiger partial charge on any atom is 0.490 e. The van der Waals surface area contributed by atoms with E-state index in [0.717, 1.165) is 0 Å². The third kappa shape index (κ3) is 5.26. The van der Waals surface area contributed by atoms with Crippen molar-refractivity contribution in [2.45, 2.75) is 45.1 Å². The Balaban J connectivity index is 4.39. The summed E-state index contributed by atoms with van der Waals surface area (Å²) in [5.74, 6) is 0.311. The minimum atomic E-state index is -4.95. The fourth-order valence-corrected chi connectivity index (χ4v) is 1.52. The number of carbonyl (C=O) groups is 1. The lowest BCUT2D eigenvalue weighted by atomic mass is 10.2. The first kappa shape index (κ1) is 16.0. The van der Waals surface area contributed by atoms with Crippen LogP contribution >= 0.6 is 0 Å². The molecule has 98 valence electrons. The summed E-state index contributed by atoms with van der Waals surface area (Å²) in [4.78, 5) is 10.4. The van der Waals surface area contributed by atoms with Crippen molar-refractivity contribution in [1.82, 2.24) is 0 Å². The van der Waals surface area contributed by atoms with Gasteiger partial charge in [-0.3, -0.25) is 0 Å². The summed E-state index contributed by atoms with van der Waals surface area (Å²) in [6.45, 7) is 9.64. The van der Waals surface area contributed by atoms with E-state index >= 15 is 0 Å². The molecule has 0 bridgehead atoms. The Labute approximate surface area is 101 Å². The van der Waals surface area contributed by atoms with Gasteiger partial charge < -0.3 is 4.74 Å². The predicted octanol–water partition coefficient (Wildman–Crippen LogP) is 3.14. The second kappa shape index (κ2) is 5.13. The minimum Gasteiger partial charge on any atom is -0.446 e. The van der Waals surface area contributed by atoms with Crippen LogP contribution in [-0.4, -0.2) is 26.8 Å². The van der Waals surface area contributed by atoms with Crippen molar-refractivity contribution in [3.63, 3.8) is 0 Å². The molecule has 0 fully saturated rings. The molecule has 0 aromatic carbocycles. The molecule has 0 aliphatic heterocycles. The fourth-order valence-electron chi connectivity index (χ4n) is 0.628. The van der Waals surface area contributed by atoms with Crippen LogP contribution in [0.25, 0.3) is 0 Å². The molecule has 0 radical (unpaired) electrons. The van der Waals surface area contributed by atoms with Gasteiger partial charge in [-0.25, -0.2) is 4.79 Å². The highest BCUT2D eigenvalue weighted by Gasteiger charge is 2.40. The molecule has 0 aromatic heterocycles. The Morgan fingerprint density at radius 1 is 1.24 bits per heavy atom. The molecule has 0 N–H and O–H groups in total. The van der Waals surface area contributed by atoms with Gasteiger partial charge in [-0.1, -0.05) is 39.8 Å². The van der Waals surface area contributed by atoms with Crippen LogP contribution in [0.1, 0.15) is 20.8 Å². The maximum atomic E-state index is 11.8. The smallest absolute Gasteiger partial charge is 0.446 e. The molecule has 0 spiro atoms. The predicted molar refractivity (Wildman–Crippen MR) is 62.0 cm³/mol. The topological polar surface area (TPSA) is 26.3 Å². The number of hydrogen-bond donors (Lipinski definition) is 0. The maximum absolute atomic E-state index is 11.8. The van der Waals surface area contributed by atoms with Gasteiger partial charge in [0.05, 0.1) is 0 Å². The Hall–Kier alpha value is -0.963. The van der Waals surface area contributed by atoms with Crippen LogP contribution in [-0.2, 0) is 9.53 Å². The molecule has 0 unspecified atom stereocenters. The number of alkyl halides is 3. The van der Waals surface area contributed by atoms with Gasteiger partial charge in [0.2, 0.25) is 0 Å². The summed E-state index contributed by atoms with van der Waals surface area (Å²) < 4.78 is 39.4. The largest absolute Gasteiger partial charge is 0.490 e.